The van der Waals surface area contributed by atoms with Gasteiger partial charge in [0.1, 0.15) is 5.82 Å². The normalized spacial score (nSPS) is 15.8. The molecule has 4 heteroatoms. The molecule has 0 saturated heterocycles. The molecule has 2 rings (SSSR count). The molecule has 0 radical (unpaired) electrons. The predicted octanol–water partition coefficient (Wildman–Crippen LogP) is 2.84. The number of hydrogen-bond donors (Lipinski definition) is 1. The lowest BCUT2D eigenvalue weighted by Crippen LogP contribution is -2.17. The zero-order valence-corrected chi connectivity index (χ0v) is 9.57. The maximum Gasteiger partial charge on any atom is 0.139 e. The molecule has 2 nitrogen and oxygen atoms in total. The lowest BCUT2D eigenvalue weighted by atomic mass is 10.2. The first kappa shape index (κ1) is 9.77. The Hall–Kier alpha value is -0.770. The molecule has 0 amide bonds. The van der Waals surface area contributed by atoms with Crippen LogP contribution in [0.15, 0.2) is 16.6 Å². The number of nitrogens with one attached hydrogen (secondary N) is 1. The van der Waals surface area contributed by atoms with Gasteiger partial charge in [-0.25, -0.2) is 4.39 Å². The summed E-state index contributed by atoms with van der Waals surface area (Å²) < 4.78 is 13.8. The topological polar surface area (TPSA) is 15.3 Å². The van der Waals surface area contributed by atoms with Gasteiger partial charge >= 0.3 is 0 Å². The van der Waals surface area contributed by atoms with Gasteiger partial charge in [-0.15, -0.1) is 0 Å². The maximum absolute atomic E-state index is 13.3. The molecule has 14 heavy (non-hydrogen) atoms. The molecule has 0 saturated carbocycles. The Labute approximate surface area is 91.2 Å². The van der Waals surface area contributed by atoms with Crippen LogP contribution in [-0.2, 0) is 0 Å². The van der Waals surface area contributed by atoms with Crippen molar-refractivity contribution < 1.29 is 4.39 Å². The number of nitrogens with zero attached hydrogens (tertiary/aromatic N) is 1. The highest BCUT2D eigenvalue weighted by molar-refractivity contribution is 9.10. The molecule has 76 valence electrons. The van der Waals surface area contributed by atoms with Gasteiger partial charge in [0.15, 0.2) is 0 Å². The number of benzene rings is 1. The SMILES string of the molecule is CN1CCCNc2cc(F)c(Br)cc21. The minimum atomic E-state index is -0.216. The van der Waals surface area contributed by atoms with Crippen molar-refractivity contribution >= 4 is 27.3 Å². The smallest absolute Gasteiger partial charge is 0.139 e. The fourth-order valence-electron chi connectivity index (χ4n) is 1.65. The Morgan fingerprint density at radius 3 is 3.07 bits per heavy atom. The van der Waals surface area contributed by atoms with Crippen molar-refractivity contribution in [2.45, 2.75) is 6.42 Å². The van der Waals surface area contributed by atoms with E-state index in [2.05, 4.69) is 26.1 Å². The molecule has 0 spiro atoms. The minimum Gasteiger partial charge on any atom is -0.383 e. The monoisotopic (exact) mass is 258 g/mol. The molecule has 1 heterocycles. The number of rotatable bonds is 0. The van der Waals surface area contributed by atoms with Gasteiger partial charge in [-0.1, -0.05) is 0 Å². The molecular formula is C10H12BrFN2. The van der Waals surface area contributed by atoms with E-state index >= 15 is 0 Å². The van der Waals surface area contributed by atoms with E-state index in [1.807, 2.05) is 13.1 Å². The molecule has 0 fully saturated rings. The number of anilines is 2. The summed E-state index contributed by atoms with van der Waals surface area (Å²) >= 11 is 3.20. The van der Waals surface area contributed by atoms with Gasteiger partial charge < -0.3 is 10.2 Å². The van der Waals surface area contributed by atoms with Gasteiger partial charge in [0.05, 0.1) is 15.8 Å². The third-order valence-corrected chi connectivity index (χ3v) is 3.04. The quantitative estimate of drug-likeness (QED) is 0.770. The third kappa shape index (κ3) is 1.71. The van der Waals surface area contributed by atoms with Crippen molar-refractivity contribution in [1.82, 2.24) is 0 Å². The molecule has 0 atom stereocenters. The van der Waals surface area contributed by atoms with Crippen molar-refractivity contribution in [3.8, 4) is 0 Å². The number of hydrogen-bond acceptors (Lipinski definition) is 2. The van der Waals surface area contributed by atoms with Gasteiger partial charge in [-0.3, -0.25) is 0 Å². The van der Waals surface area contributed by atoms with E-state index in [-0.39, 0.29) is 5.82 Å². The predicted molar refractivity (Wildman–Crippen MR) is 60.5 cm³/mol. The van der Waals surface area contributed by atoms with Crippen LogP contribution < -0.4 is 10.2 Å². The van der Waals surface area contributed by atoms with Gasteiger partial charge in [-0.2, -0.15) is 0 Å². The fraction of sp³-hybridized carbons (Fsp3) is 0.400. The second kappa shape index (κ2) is 3.77. The van der Waals surface area contributed by atoms with Crippen molar-refractivity contribution in [2.24, 2.45) is 0 Å². The zero-order chi connectivity index (χ0) is 10.1. The second-order valence-electron chi connectivity index (χ2n) is 3.49. The fourth-order valence-corrected chi connectivity index (χ4v) is 1.98. The second-order valence-corrected chi connectivity index (χ2v) is 4.34. The Morgan fingerprint density at radius 2 is 2.29 bits per heavy atom. The Balaban J connectivity index is 2.49. The summed E-state index contributed by atoms with van der Waals surface area (Å²) in [5, 5.41) is 3.22. The van der Waals surface area contributed by atoms with Crippen molar-refractivity contribution in [3.05, 3.63) is 22.4 Å². The number of fused-ring (bicyclic) bond motifs is 1. The Morgan fingerprint density at radius 1 is 1.50 bits per heavy atom. The van der Waals surface area contributed by atoms with Crippen LogP contribution >= 0.6 is 15.9 Å². The molecule has 1 N–H and O–H groups in total. The van der Waals surface area contributed by atoms with E-state index in [4.69, 9.17) is 0 Å². The summed E-state index contributed by atoms with van der Waals surface area (Å²) in [4.78, 5) is 2.14. The van der Waals surface area contributed by atoms with Crippen LogP contribution in [0.25, 0.3) is 0 Å². The highest BCUT2D eigenvalue weighted by Gasteiger charge is 2.14. The lowest BCUT2D eigenvalue weighted by molar-refractivity contribution is 0.621. The van der Waals surface area contributed by atoms with Crippen LogP contribution in [0.2, 0.25) is 0 Å². The van der Waals surface area contributed by atoms with Crippen LogP contribution in [-0.4, -0.2) is 20.1 Å². The molecule has 0 aromatic heterocycles. The van der Waals surface area contributed by atoms with Gasteiger partial charge in [-0.05, 0) is 28.4 Å². The summed E-state index contributed by atoms with van der Waals surface area (Å²) in [5.74, 6) is -0.216. The van der Waals surface area contributed by atoms with Crippen LogP contribution in [0.3, 0.4) is 0 Å². The Kier molecular flexibility index (Phi) is 2.63. The molecule has 1 aliphatic rings. The molecule has 1 aromatic rings. The molecule has 0 bridgehead atoms. The molecule has 0 unspecified atom stereocenters. The highest BCUT2D eigenvalue weighted by Crippen LogP contribution is 2.32. The summed E-state index contributed by atoms with van der Waals surface area (Å²) in [6.45, 7) is 1.90. The van der Waals surface area contributed by atoms with Gasteiger partial charge in [0.2, 0.25) is 0 Å². The largest absolute Gasteiger partial charge is 0.383 e. The van der Waals surface area contributed by atoms with Crippen molar-refractivity contribution in [1.29, 1.82) is 0 Å². The molecular weight excluding hydrogens is 247 g/mol. The molecule has 1 aliphatic heterocycles. The maximum atomic E-state index is 13.3. The van der Waals surface area contributed by atoms with E-state index in [0.29, 0.717) is 4.47 Å². The van der Waals surface area contributed by atoms with E-state index in [0.717, 1.165) is 30.9 Å². The van der Waals surface area contributed by atoms with Crippen LogP contribution in [0.4, 0.5) is 15.8 Å². The van der Waals surface area contributed by atoms with Crippen LogP contribution in [0.1, 0.15) is 6.42 Å². The van der Waals surface area contributed by atoms with Crippen molar-refractivity contribution in [3.63, 3.8) is 0 Å². The first-order valence-corrected chi connectivity index (χ1v) is 5.42. The average Bonchev–Trinajstić information content (AvgIpc) is 2.31. The lowest BCUT2D eigenvalue weighted by Gasteiger charge is -2.19. The first-order chi connectivity index (χ1) is 6.68. The zero-order valence-electron chi connectivity index (χ0n) is 7.98. The standard InChI is InChI=1S/C10H12BrFN2/c1-14-4-2-3-13-9-6-8(12)7(11)5-10(9)14/h5-6,13H,2-4H2,1H3. The summed E-state index contributed by atoms with van der Waals surface area (Å²) in [7, 11) is 2.02. The number of halogens is 2. The highest BCUT2D eigenvalue weighted by atomic mass is 79.9. The van der Waals surface area contributed by atoms with E-state index in [9.17, 15) is 4.39 Å². The summed E-state index contributed by atoms with van der Waals surface area (Å²) in [5.41, 5.74) is 1.93. The molecule has 1 aromatic carbocycles. The van der Waals surface area contributed by atoms with Gasteiger partial charge in [0, 0.05) is 26.2 Å². The average molecular weight is 259 g/mol. The van der Waals surface area contributed by atoms with E-state index < -0.39 is 0 Å². The first-order valence-electron chi connectivity index (χ1n) is 4.62. The van der Waals surface area contributed by atoms with Crippen LogP contribution in [0.5, 0.6) is 0 Å². The third-order valence-electron chi connectivity index (χ3n) is 2.44. The van der Waals surface area contributed by atoms with E-state index in [1.54, 1.807) is 6.07 Å². The Bertz CT molecular complexity index is 354. The summed E-state index contributed by atoms with van der Waals surface area (Å²) in [6.07, 6.45) is 1.07. The van der Waals surface area contributed by atoms with Crippen LogP contribution in [0, 0.1) is 5.82 Å². The van der Waals surface area contributed by atoms with Crippen molar-refractivity contribution in [2.75, 3.05) is 30.4 Å². The summed E-state index contributed by atoms with van der Waals surface area (Å²) in [6, 6.07) is 3.37. The van der Waals surface area contributed by atoms with E-state index in [1.165, 1.54) is 0 Å². The molecule has 0 aliphatic carbocycles. The van der Waals surface area contributed by atoms with Gasteiger partial charge in [0.25, 0.3) is 0 Å². The minimum absolute atomic E-state index is 0.216.